The Morgan fingerprint density at radius 1 is 1.40 bits per heavy atom. The number of carbonyl (C=O) groups is 2. The minimum Gasteiger partial charge on any atom is -0.316 e. The van der Waals surface area contributed by atoms with Gasteiger partial charge in [-0.3, -0.25) is 15.0 Å². The van der Waals surface area contributed by atoms with E-state index < -0.39 is 5.91 Å². The first-order valence-electron chi connectivity index (χ1n) is 6.35. The van der Waals surface area contributed by atoms with Gasteiger partial charge in [-0.05, 0) is 25.3 Å². The fraction of sp³-hybridized carbons (Fsp3) is 0.462. The van der Waals surface area contributed by atoms with E-state index in [1.165, 1.54) is 0 Å². The lowest BCUT2D eigenvalue weighted by molar-refractivity contribution is -0.120. The van der Waals surface area contributed by atoms with E-state index in [4.69, 9.17) is 5.84 Å². The zero-order valence-electron chi connectivity index (χ0n) is 11.7. The minimum absolute atomic E-state index is 0.101. The molecule has 0 aliphatic carbocycles. The number of nitrogen functional groups attached to an aromatic ring is 1. The molecular weight excluding hydrogens is 276 g/mol. The van der Waals surface area contributed by atoms with Crippen LogP contribution in [0.25, 0.3) is 0 Å². The topological polar surface area (TPSA) is 108 Å². The summed E-state index contributed by atoms with van der Waals surface area (Å²) < 4.78 is 0. The number of thiophene rings is 1. The van der Waals surface area contributed by atoms with E-state index >= 15 is 0 Å². The standard InChI is InChI=1S/C13H18N4O2S/c1-4-8(5-2)11(18)16-13-9(6-14)7(3)10(20-13)12(19)17-15/h8H,4-5,15H2,1-3H3,(H,16,18)(H,17,19). The molecule has 0 saturated heterocycles. The van der Waals surface area contributed by atoms with Crippen LogP contribution in [0, 0.1) is 24.2 Å². The number of rotatable bonds is 5. The second-order valence-corrected chi connectivity index (χ2v) is 5.37. The Hall–Kier alpha value is -1.91. The predicted octanol–water partition coefficient (Wildman–Crippen LogP) is 1.91. The van der Waals surface area contributed by atoms with Crippen molar-refractivity contribution in [3.63, 3.8) is 0 Å². The lowest BCUT2D eigenvalue weighted by Crippen LogP contribution is -2.29. The summed E-state index contributed by atoms with van der Waals surface area (Å²) in [4.78, 5) is 24.0. The highest BCUT2D eigenvalue weighted by Gasteiger charge is 2.22. The summed E-state index contributed by atoms with van der Waals surface area (Å²) >= 11 is 1.06. The number of hydrogen-bond donors (Lipinski definition) is 3. The number of hydrogen-bond acceptors (Lipinski definition) is 5. The van der Waals surface area contributed by atoms with Crippen molar-refractivity contribution in [3.05, 3.63) is 16.0 Å². The third-order valence-electron chi connectivity index (χ3n) is 3.19. The van der Waals surface area contributed by atoms with E-state index in [0.29, 0.717) is 21.0 Å². The number of nitriles is 1. The second-order valence-electron chi connectivity index (χ2n) is 4.35. The first-order chi connectivity index (χ1) is 9.49. The number of anilines is 1. The molecule has 0 aromatic carbocycles. The minimum atomic E-state index is -0.466. The monoisotopic (exact) mass is 294 g/mol. The molecule has 1 aromatic heterocycles. The van der Waals surface area contributed by atoms with Crippen molar-refractivity contribution < 1.29 is 9.59 Å². The maximum absolute atomic E-state index is 12.1. The van der Waals surface area contributed by atoms with E-state index in [9.17, 15) is 14.9 Å². The van der Waals surface area contributed by atoms with Gasteiger partial charge in [0.05, 0.1) is 10.4 Å². The zero-order valence-corrected chi connectivity index (χ0v) is 12.6. The summed E-state index contributed by atoms with van der Waals surface area (Å²) in [6.07, 6.45) is 1.45. The van der Waals surface area contributed by atoms with Crippen LogP contribution in [-0.2, 0) is 4.79 Å². The maximum atomic E-state index is 12.1. The van der Waals surface area contributed by atoms with Crippen LogP contribution in [0.15, 0.2) is 0 Å². The summed E-state index contributed by atoms with van der Waals surface area (Å²) in [5.74, 6) is 4.40. The smallest absolute Gasteiger partial charge is 0.275 e. The van der Waals surface area contributed by atoms with E-state index in [-0.39, 0.29) is 11.8 Å². The molecule has 108 valence electrons. The van der Waals surface area contributed by atoms with Gasteiger partial charge in [0, 0.05) is 5.92 Å². The van der Waals surface area contributed by atoms with Crippen molar-refractivity contribution in [2.24, 2.45) is 11.8 Å². The molecule has 0 radical (unpaired) electrons. The summed E-state index contributed by atoms with van der Waals surface area (Å²) in [7, 11) is 0. The summed E-state index contributed by atoms with van der Waals surface area (Å²) in [6, 6.07) is 2.02. The fourth-order valence-corrected chi connectivity index (χ4v) is 2.96. The Morgan fingerprint density at radius 2 is 2.00 bits per heavy atom. The van der Waals surface area contributed by atoms with Crippen LogP contribution in [-0.4, -0.2) is 11.8 Å². The molecule has 2 amide bonds. The number of amides is 2. The van der Waals surface area contributed by atoms with Gasteiger partial charge in [-0.1, -0.05) is 13.8 Å². The lowest BCUT2D eigenvalue weighted by Gasteiger charge is -2.11. The maximum Gasteiger partial charge on any atom is 0.275 e. The van der Waals surface area contributed by atoms with Gasteiger partial charge in [0.25, 0.3) is 5.91 Å². The van der Waals surface area contributed by atoms with Crippen LogP contribution in [0.4, 0.5) is 5.00 Å². The number of nitrogens with one attached hydrogen (secondary N) is 2. The van der Waals surface area contributed by atoms with Crippen LogP contribution < -0.4 is 16.6 Å². The molecule has 0 unspecified atom stereocenters. The van der Waals surface area contributed by atoms with Gasteiger partial charge in [0.15, 0.2) is 0 Å². The second kappa shape index (κ2) is 7.03. The molecule has 20 heavy (non-hydrogen) atoms. The van der Waals surface area contributed by atoms with Gasteiger partial charge in [-0.25, -0.2) is 5.84 Å². The van der Waals surface area contributed by atoms with Gasteiger partial charge >= 0.3 is 0 Å². The summed E-state index contributed by atoms with van der Waals surface area (Å²) in [5.41, 5.74) is 2.88. The van der Waals surface area contributed by atoms with Crippen molar-refractivity contribution in [2.75, 3.05) is 5.32 Å². The molecule has 7 heteroatoms. The highest BCUT2D eigenvalue weighted by Crippen LogP contribution is 2.32. The molecule has 0 aliphatic heterocycles. The predicted molar refractivity (Wildman–Crippen MR) is 78.1 cm³/mol. The molecule has 1 aromatic rings. The van der Waals surface area contributed by atoms with Crippen molar-refractivity contribution in [1.29, 1.82) is 5.26 Å². The molecule has 1 heterocycles. The van der Waals surface area contributed by atoms with Crippen molar-refractivity contribution in [3.8, 4) is 6.07 Å². The zero-order chi connectivity index (χ0) is 15.3. The average Bonchev–Trinajstić information content (AvgIpc) is 2.75. The largest absolute Gasteiger partial charge is 0.316 e. The highest BCUT2D eigenvalue weighted by molar-refractivity contribution is 7.18. The number of nitrogens with two attached hydrogens (primary N) is 1. The van der Waals surface area contributed by atoms with Gasteiger partial charge in [-0.15, -0.1) is 11.3 Å². The average molecular weight is 294 g/mol. The number of carbonyl (C=O) groups excluding carboxylic acids is 2. The first kappa shape index (κ1) is 16.1. The molecular formula is C13H18N4O2S. The van der Waals surface area contributed by atoms with Gasteiger partial charge < -0.3 is 5.32 Å². The Kier molecular flexibility index (Phi) is 5.67. The van der Waals surface area contributed by atoms with Crippen LogP contribution in [0.3, 0.4) is 0 Å². The summed E-state index contributed by atoms with van der Waals surface area (Å²) in [5, 5.41) is 12.3. The van der Waals surface area contributed by atoms with Crippen molar-refractivity contribution in [2.45, 2.75) is 33.6 Å². The summed E-state index contributed by atoms with van der Waals surface area (Å²) in [6.45, 7) is 5.53. The third-order valence-corrected chi connectivity index (χ3v) is 4.40. The SMILES string of the molecule is CCC(CC)C(=O)Nc1sc(C(=O)NN)c(C)c1C#N. The molecule has 0 aliphatic rings. The number of hydrazine groups is 1. The molecule has 0 bridgehead atoms. The van der Waals surface area contributed by atoms with Crippen LogP contribution >= 0.6 is 11.3 Å². The normalized spacial score (nSPS) is 10.2. The van der Waals surface area contributed by atoms with Crippen molar-refractivity contribution >= 4 is 28.2 Å². The molecule has 0 saturated carbocycles. The van der Waals surface area contributed by atoms with Crippen molar-refractivity contribution in [1.82, 2.24) is 5.43 Å². The molecule has 1 rings (SSSR count). The Morgan fingerprint density at radius 3 is 2.45 bits per heavy atom. The van der Waals surface area contributed by atoms with Gasteiger partial charge in [-0.2, -0.15) is 5.26 Å². The van der Waals surface area contributed by atoms with Crippen LogP contribution in [0.5, 0.6) is 0 Å². The Balaban J connectivity index is 3.10. The molecule has 0 spiro atoms. The Labute approximate surface area is 121 Å². The van der Waals surface area contributed by atoms with E-state index in [2.05, 4.69) is 5.32 Å². The molecule has 6 nitrogen and oxygen atoms in total. The lowest BCUT2D eigenvalue weighted by atomic mass is 10.0. The van der Waals surface area contributed by atoms with Crippen LogP contribution in [0.1, 0.15) is 47.5 Å². The molecule has 4 N–H and O–H groups in total. The van der Waals surface area contributed by atoms with E-state index in [1.807, 2.05) is 25.3 Å². The Bertz CT molecular complexity index is 555. The van der Waals surface area contributed by atoms with E-state index in [0.717, 1.165) is 24.2 Å². The highest BCUT2D eigenvalue weighted by atomic mass is 32.1. The third kappa shape index (κ3) is 3.15. The first-order valence-corrected chi connectivity index (χ1v) is 7.16. The quantitative estimate of drug-likeness (QED) is 0.438. The number of nitrogens with zero attached hydrogens (tertiary/aromatic N) is 1. The molecule has 0 fully saturated rings. The van der Waals surface area contributed by atoms with Crippen LogP contribution in [0.2, 0.25) is 0 Å². The molecule has 0 atom stereocenters. The van der Waals surface area contributed by atoms with Gasteiger partial charge in [0.1, 0.15) is 11.1 Å². The fourth-order valence-electron chi connectivity index (χ4n) is 1.89. The van der Waals surface area contributed by atoms with Gasteiger partial charge in [0.2, 0.25) is 5.91 Å². The van der Waals surface area contributed by atoms with E-state index in [1.54, 1.807) is 6.92 Å².